The number of hydrogen-bond donors (Lipinski definition) is 3. The van der Waals surface area contributed by atoms with Gasteiger partial charge in [-0.25, -0.2) is 4.98 Å². The van der Waals surface area contributed by atoms with E-state index < -0.39 is 0 Å². The van der Waals surface area contributed by atoms with Gasteiger partial charge < -0.3 is 15.6 Å². The molecular weight excluding hydrogens is 298 g/mol. The van der Waals surface area contributed by atoms with Crippen LogP contribution in [-0.4, -0.2) is 28.9 Å². The molecule has 0 spiro atoms. The van der Waals surface area contributed by atoms with Crippen molar-refractivity contribution in [3.05, 3.63) is 21.2 Å². The van der Waals surface area contributed by atoms with Crippen LogP contribution in [0.3, 0.4) is 0 Å². The number of amidine groups is 1. The lowest BCUT2D eigenvalue weighted by Crippen LogP contribution is -2.45. The van der Waals surface area contributed by atoms with E-state index in [0.717, 1.165) is 25.9 Å². The maximum absolute atomic E-state index is 11.5. The number of nitrogens with two attached hydrogens (primary N) is 1. The number of H-pyrrole nitrogens is 1. The van der Waals surface area contributed by atoms with Crippen molar-refractivity contribution in [2.24, 2.45) is 11.1 Å². The lowest BCUT2D eigenvalue weighted by Gasteiger charge is -2.39. The minimum absolute atomic E-state index is 0.181. The van der Waals surface area contributed by atoms with Crippen molar-refractivity contribution in [2.45, 2.75) is 19.8 Å². The van der Waals surface area contributed by atoms with Crippen molar-refractivity contribution >= 4 is 27.6 Å². The number of anilines is 1. The van der Waals surface area contributed by atoms with E-state index in [1.807, 2.05) is 11.8 Å². The number of aromatic nitrogens is 2. The molecule has 1 aliphatic rings. The van der Waals surface area contributed by atoms with Gasteiger partial charge in [0.25, 0.3) is 5.56 Å². The van der Waals surface area contributed by atoms with E-state index in [9.17, 15) is 4.79 Å². The average molecular weight is 314 g/mol. The van der Waals surface area contributed by atoms with Gasteiger partial charge >= 0.3 is 0 Å². The Morgan fingerprint density at radius 1 is 1.61 bits per heavy atom. The summed E-state index contributed by atoms with van der Waals surface area (Å²) in [6, 6.07) is 0. The van der Waals surface area contributed by atoms with E-state index in [4.69, 9.17) is 11.1 Å². The molecule has 0 saturated carbocycles. The quantitative estimate of drug-likeness (QED) is 0.562. The summed E-state index contributed by atoms with van der Waals surface area (Å²) in [5, 5.41) is 7.61. The molecule has 0 bridgehead atoms. The second-order valence-electron chi connectivity index (χ2n) is 4.83. The van der Waals surface area contributed by atoms with E-state index in [1.165, 1.54) is 6.33 Å². The summed E-state index contributed by atoms with van der Waals surface area (Å²) in [5.74, 6) is 0.893. The first-order chi connectivity index (χ1) is 8.44. The highest BCUT2D eigenvalue weighted by atomic mass is 79.9. The number of halogens is 1. The first-order valence-corrected chi connectivity index (χ1v) is 6.56. The van der Waals surface area contributed by atoms with Gasteiger partial charge in [-0.05, 0) is 28.8 Å². The third-order valence-corrected chi connectivity index (χ3v) is 4.31. The van der Waals surface area contributed by atoms with Crippen LogP contribution in [0.2, 0.25) is 0 Å². The molecule has 7 heteroatoms. The normalized spacial score (nSPS) is 18.7. The van der Waals surface area contributed by atoms with Gasteiger partial charge in [0.15, 0.2) is 0 Å². The number of rotatable bonds is 2. The van der Waals surface area contributed by atoms with Crippen molar-refractivity contribution in [2.75, 3.05) is 18.0 Å². The zero-order chi connectivity index (χ0) is 13.3. The standard InChI is InChI=1S/C11H16BrN5O/c1-11(10(13)14)2-4-17(5-3-11)8-7(12)9(18)16-6-15-8/h6H,2-5H2,1H3,(H3,13,14)(H,15,16,18). The molecule has 1 aliphatic heterocycles. The van der Waals surface area contributed by atoms with Crippen LogP contribution in [0.1, 0.15) is 19.8 Å². The molecule has 1 saturated heterocycles. The van der Waals surface area contributed by atoms with Crippen LogP contribution < -0.4 is 16.2 Å². The van der Waals surface area contributed by atoms with E-state index in [1.54, 1.807) is 0 Å². The van der Waals surface area contributed by atoms with Gasteiger partial charge in [-0.2, -0.15) is 0 Å². The molecule has 0 amide bonds. The second kappa shape index (κ2) is 4.72. The summed E-state index contributed by atoms with van der Waals surface area (Å²) in [5.41, 5.74) is 5.21. The summed E-state index contributed by atoms with van der Waals surface area (Å²) in [6.07, 6.45) is 2.99. The second-order valence-corrected chi connectivity index (χ2v) is 5.62. The molecule has 1 fully saturated rings. The first kappa shape index (κ1) is 13.1. The smallest absolute Gasteiger partial charge is 0.267 e. The van der Waals surface area contributed by atoms with Crippen molar-refractivity contribution < 1.29 is 0 Å². The highest BCUT2D eigenvalue weighted by Crippen LogP contribution is 2.33. The highest BCUT2D eigenvalue weighted by Gasteiger charge is 2.33. The van der Waals surface area contributed by atoms with Crippen LogP contribution in [0.5, 0.6) is 0 Å². The van der Waals surface area contributed by atoms with Crippen LogP contribution in [-0.2, 0) is 0 Å². The Labute approximate surface area is 113 Å². The molecule has 0 aliphatic carbocycles. The zero-order valence-corrected chi connectivity index (χ0v) is 11.7. The van der Waals surface area contributed by atoms with Crippen LogP contribution >= 0.6 is 15.9 Å². The first-order valence-electron chi connectivity index (χ1n) is 5.77. The van der Waals surface area contributed by atoms with Crippen LogP contribution in [0.15, 0.2) is 15.6 Å². The van der Waals surface area contributed by atoms with E-state index in [2.05, 4.69) is 25.9 Å². The van der Waals surface area contributed by atoms with Gasteiger partial charge in [0, 0.05) is 18.5 Å². The summed E-state index contributed by atoms with van der Waals surface area (Å²) in [6.45, 7) is 3.49. The molecule has 1 aromatic rings. The number of nitrogens with one attached hydrogen (secondary N) is 2. The fraction of sp³-hybridized carbons (Fsp3) is 0.545. The van der Waals surface area contributed by atoms with Gasteiger partial charge in [0.1, 0.15) is 10.3 Å². The summed E-state index contributed by atoms with van der Waals surface area (Å²) in [4.78, 5) is 20.3. The van der Waals surface area contributed by atoms with Gasteiger partial charge in [-0.15, -0.1) is 0 Å². The fourth-order valence-electron chi connectivity index (χ4n) is 2.08. The van der Waals surface area contributed by atoms with Gasteiger partial charge in [0.2, 0.25) is 0 Å². The predicted octanol–water partition coefficient (Wildman–Crippen LogP) is 1.07. The maximum Gasteiger partial charge on any atom is 0.267 e. The van der Waals surface area contributed by atoms with Crippen molar-refractivity contribution in [1.29, 1.82) is 5.41 Å². The topological polar surface area (TPSA) is 98.9 Å². The Kier molecular flexibility index (Phi) is 3.43. The third kappa shape index (κ3) is 2.27. The molecule has 2 rings (SSSR count). The molecule has 18 heavy (non-hydrogen) atoms. The summed E-state index contributed by atoms with van der Waals surface area (Å²) in [7, 11) is 0. The Hall–Kier alpha value is -1.37. The SMILES string of the molecule is CC1(C(=N)N)CCN(c2nc[nH]c(=O)c2Br)CC1. The Morgan fingerprint density at radius 3 is 2.78 bits per heavy atom. The Balaban J connectivity index is 2.18. The Bertz CT molecular complexity index is 518. The predicted molar refractivity (Wildman–Crippen MR) is 74.0 cm³/mol. The van der Waals surface area contributed by atoms with Crippen LogP contribution in [0.4, 0.5) is 5.82 Å². The zero-order valence-electron chi connectivity index (χ0n) is 10.2. The number of piperidine rings is 1. The van der Waals surface area contributed by atoms with Crippen molar-refractivity contribution in [1.82, 2.24) is 9.97 Å². The van der Waals surface area contributed by atoms with Gasteiger partial charge in [-0.1, -0.05) is 6.92 Å². The molecule has 98 valence electrons. The van der Waals surface area contributed by atoms with Crippen LogP contribution in [0, 0.1) is 10.8 Å². The lowest BCUT2D eigenvalue weighted by atomic mass is 9.79. The molecule has 0 aromatic carbocycles. The van der Waals surface area contributed by atoms with Crippen LogP contribution in [0.25, 0.3) is 0 Å². The van der Waals surface area contributed by atoms with E-state index in [0.29, 0.717) is 10.3 Å². The molecule has 6 nitrogen and oxygen atoms in total. The van der Waals surface area contributed by atoms with Gasteiger partial charge in [-0.3, -0.25) is 10.2 Å². The number of aromatic amines is 1. The minimum atomic E-state index is -0.232. The molecule has 4 N–H and O–H groups in total. The largest absolute Gasteiger partial charge is 0.387 e. The molecule has 0 unspecified atom stereocenters. The third-order valence-electron chi connectivity index (χ3n) is 3.59. The number of nitrogens with zero attached hydrogens (tertiary/aromatic N) is 2. The van der Waals surface area contributed by atoms with Gasteiger partial charge in [0.05, 0.1) is 12.2 Å². The number of hydrogen-bond acceptors (Lipinski definition) is 4. The molecular formula is C11H16BrN5O. The molecule has 1 aromatic heterocycles. The van der Waals surface area contributed by atoms with Crippen molar-refractivity contribution in [3.63, 3.8) is 0 Å². The summed E-state index contributed by atoms with van der Waals surface area (Å²) >= 11 is 3.26. The summed E-state index contributed by atoms with van der Waals surface area (Å²) < 4.78 is 0.455. The Morgan fingerprint density at radius 2 is 2.22 bits per heavy atom. The van der Waals surface area contributed by atoms with Crippen molar-refractivity contribution in [3.8, 4) is 0 Å². The average Bonchev–Trinajstić information content (AvgIpc) is 2.34. The fourth-order valence-corrected chi connectivity index (χ4v) is 2.54. The maximum atomic E-state index is 11.5. The molecule has 0 atom stereocenters. The molecule has 0 radical (unpaired) electrons. The minimum Gasteiger partial charge on any atom is -0.387 e. The lowest BCUT2D eigenvalue weighted by molar-refractivity contribution is 0.349. The van der Waals surface area contributed by atoms with E-state index >= 15 is 0 Å². The highest BCUT2D eigenvalue weighted by molar-refractivity contribution is 9.10. The molecule has 2 heterocycles. The monoisotopic (exact) mass is 313 g/mol. The van der Waals surface area contributed by atoms with E-state index in [-0.39, 0.29) is 16.8 Å².